The van der Waals surface area contributed by atoms with Crippen LogP contribution in [0.5, 0.6) is 11.5 Å². The molecule has 0 radical (unpaired) electrons. The van der Waals surface area contributed by atoms with Gasteiger partial charge in [0.1, 0.15) is 17.3 Å². The maximum absolute atomic E-state index is 5.81. The van der Waals surface area contributed by atoms with Crippen molar-refractivity contribution in [3.05, 3.63) is 78.4 Å². The van der Waals surface area contributed by atoms with E-state index in [0.29, 0.717) is 0 Å². The van der Waals surface area contributed by atoms with Crippen LogP contribution in [0.2, 0.25) is 0 Å². The zero-order chi connectivity index (χ0) is 15.9. The van der Waals surface area contributed by atoms with Crippen LogP contribution in [0.25, 0.3) is 0 Å². The summed E-state index contributed by atoms with van der Waals surface area (Å²) < 4.78 is 8.02. The number of hydrogen-bond acceptors (Lipinski definition) is 2. The lowest BCUT2D eigenvalue weighted by Gasteiger charge is -2.07. The molecule has 0 saturated carbocycles. The number of aryl methyl sites for hydroxylation is 3. The molecular formula is C20H22N2O. The molecule has 3 heteroatoms. The highest BCUT2D eigenvalue weighted by molar-refractivity contribution is 5.32. The fourth-order valence-corrected chi connectivity index (χ4v) is 2.60. The lowest BCUT2D eigenvalue weighted by Crippen LogP contribution is -1.99. The van der Waals surface area contributed by atoms with Gasteiger partial charge in [0.2, 0.25) is 0 Å². The Morgan fingerprint density at radius 2 is 1.65 bits per heavy atom. The Balaban J connectivity index is 1.45. The Labute approximate surface area is 137 Å². The van der Waals surface area contributed by atoms with E-state index < -0.39 is 0 Å². The number of ether oxygens (including phenoxy) is 1. The molecule has 2 aromatic carbocycles. The molecule has 0 bridgehead atoms. The van der Waals surface area contributed by atoms with E-state index in [4.69, 9.17) is 4.74 Å². The molecule has 0 saturated heterocycles. The van der Waals surface area contributed by atoms with E-state index in [9.17, 15) is 0 Å². The van der Waals surface area contributed by atoms with Gasteiger partial charge >= 0.3 is 0 Å². The molecule has 3 nitrogen and oxygen atoms in total. The first-order valence-electron chi connectivity index (χ1n) is 8.11. The molecule has 1 aromatic heterocycles. The van der Waals surface area contributed by atoms with Crippen molar-refractivity contribution in [1.29, 1.82) is 0 Å². The molecule has 0 aliphatic rings. The zero-order valence-electron chi connectivity index (χ0n) is 13.5. The van der Waals surface area contributed by atoms with E-state index in [2.05, 4.69) is 21.7 Å². The number of hydrogen-bond donors (Lipinski definition) is 0. The highest BCUT2D eigenvalue weighted by Gasteiger charge is 1.99. The number of para-hydroxylation sites is 1. The van der Waals surface area contributed by atoms with Crippen molar-refractivity contribution in [2.45, 2.75) is 32.7 Å². The standard InChI is InChI=1S/C20H22N2O/c1-17-21-14-16-22(17)15-6-5-7-18-10-12-20(13-11-18)23-19-8-3-2-4-9-19/h2-4,8-14,16H,5-7,15H2,1H3. The maximum atomic E-state index is 5.81. The number of nitrogens with zero attached hydrogens (tertiary/aromatic N) is 2. The first kappa shape index (κ1) is 15.3. The van der Waals surface area contributed by atoms with Crippen LogP contribution in [0.15, 0.2) is 67.0 Å². The van der Waals surface area contributed by atoms with Gasteiger partial charge in [-0.25, -0.2) is 4.98 Å². The second kappa shape index (κ2) is 7.63. The van der Waals surface area contributed by atoms with Gasteiger partial charge in [-0.05, 0) is 56.0 Å². The van der Waals surface area contributed by atoms with Gasteiger partial charge in [-0.1, -0.05) is 30.3 Å². The fourth-order valence-electron chi connectivity index (χ4n) is 2.60. The minimum absolute atomic E-state index is 0.871. The molecule has 118 valence electrons. The Morgan fingerprint density at radius 1 is 0.913 bits per heavy atom. The first-order valence-corrected chi connectivity index (χ1v) is 8.11. The van der Waals surface area contributed by atoms with Crippen molar-refractivity contribution in [2.24, 2.45) is 0 Å². The van der Waals surface area contributed by atoms with E-state index in [1.165, 1.54) is 18.4 Å². The SMILES string of the molecule is Cc1nccn1CCCCc1ccc(Oc2ccccc2)cc1. The van der Waals surface area contributed by atoms with Crippen molar-refractivity contribution in [1.82, 2.24) is 9.55 Å². The third-order valence-corrected chi connectivity index (χ3v) is 3.94. The number of rotatable bonds is 7. The molecule has 0 atom stereocenters. The molecule has 3 rings (SSSR count). The summed E-state index contributed by atoms with van der Waals surface area (Å²) in [6.45, 7) is 3.09. The third kappa shape index (κ3) is 4.46. The minimum atomic E-state index is 0.871. The van der Waals surface area contributed by atoms with Crippen LogP contribution in [-0.4, -0.2) is 9.55 Å². The lowest BCUT2D eigenvalue weighted by molar-refractivity contribution is 0.482. The van der Waals surface area contributed by atoms with Gasteiger partial charge in [0.05, 0.1) is 0 Å². The summed E-state index contributed by atoms with van der Waals surface area (Å²) in [5, 5.41) is 0. The smallest absolute Gasteiger partial charge is 0.127 e. The monoisotopic (exact) mass is 306 g/mol. The number of aromatic nitrogens is 2. The van der Waals surface area contributed by atoms with Gasteiger partial charge in [-0.2, -0.15) is 0 Å². The van der Waals surface area contributed by atoms with Crippen LogP contribution in [0, 0.1) is 6.92 Å². The van der Waals surface area contributed by atoms with Crippen LogP contribution in [0.1, 0.15) is 24.2 Å². The Hall–Kier alpha value is -2.55. The van der Waals surface area contributed by atoms with Crippen molar-refractivity contribution in [3.63, 3.8) is 0 Å². The predicted octanol–water partition coefficient (Wildman–Crippen LogP) is 5.01. The molecule has 0 N–H and O–H groups in total. The summed E-state index contributed by atoms with van der Waals surface area (Å²) in [5.41, 5.74) is 1.35. The minimum Gasteiger partial charge on any atom is -0.457 e. The molecule has 0 fully saturated rings. The molecule has 3 aromatic rings. The summed E-state index contributed by atoms with van der Waals surface area (Å²) in [6.07, 6.45) is 7.35. The number of imidazole rings is 1. The Kier molecular flexibility index (Phi) is 5.09. The summed E-state index contributed by atoms with van der Waals surface area (Å²) in [7, 11) is 0. The average molecular weight is 306 g/mol. The normalized spacial score (nSPS) is 10.7. The van der Waals surface area contributed by atoms with Crippen molar-refractivity contribution in [2.75, 3.05) is 0 Å². The summed E-state index contributed by atoms with van der Waals surface area (Å²) in [5.74, 6) is 2.84. The van der Waals surface area contributed by atoms with E-state index in [-0.39, 0.29) is 0 Å². The number of benzene rings is 2. The quantitative estimate of drug-likeness (QED) is 0.574. The van der Waals surface area contributed by atoms with Crippen LogP contribution in [-0.2, 0) is 13.0 Å². The van der Waals surface area contributed by atoms with E-state index in [1.54, 1.807) is 0 Å². The van der Waals surface area contributed by atoms with Crippen LogP contribution in [0.4, 0.5) is 0 Å². The van der Waals surface area contributed by atoms with E-state index >= 15 is 0 Å². The molecule has 23 heavy (non-hydrogen) atoms. The van der Waals surface area contributed by atoms with Crippen LogP contribution < -0.4 is 4.74 Å². The topological polar surface area (TPSA) is 27.1 Å². The summed E-state index contributed by atoms with van der Waals surface area (Å²) >= 11 is 0. The van der Waals surface area contributed by atoms with Gasteiger partial charge in [-0.3, -0.25) is 0 Å². The Morgan fingerprint density at radius 3 is 2.35 bits per heavy atom. The maximum Gasteiger partial charge on any atom is 0.127 e. The first-order chi connectivity index (χ1) is 11.3. The molecule has 1 heterocycles. The third-order valence-electron chi connectivity index (χ3n) is 3.94. The largest absolute Gasteiger partial charge is 0.457 e. The second-order valence-corrected chi connectivity index (χ2v) is 5.68. The average Bonchev–Trinajstić information content (AvgIpc) is 2.99. The highest BCUT2D eigenvalue weighted by Crippen LogP contribution is 2.21. The Bertz CT molecular complexity index is 717. The van der Waals surface area contributed by atoms with Gasteiger partial charge in [0, 0.05) is 18.9 Å². The van der Waals surface area contributed by atoms with Crippen LogP contribution >= 0.6 is 0 Å². The zero-order valence-corrected chi connectivity index (χ0v) is 13.5. The summed E-state index contributed by atoms with van der Waals surface area (Å²) in [6, 6.07) is 18.3. The van der Waals surface area contributed by atoms with Crippen molar-refractivity contribution >= 4 is 0 Å². The van der Waals surface area contributed by atoms with Crippen LogP contribution in [0.3, 0.4) is 0 Å². The summed E-state index contributed by atoms with van der Waals surface area (Å²) in [4.78, 5) is 4.25. The molecule has 0 aliphatic carbocycles. The van der Waals surface area contributed by atoms with E-state index in [1.807, 2.05) is 61.8 Å². The molecule has 0 aliphatic heterocycles. The number of unbranched alkanes of at least 4 members (excludes halogenated alkanes) is 1. The highest BCUT2D eigenvalue weighted by atomic mass is 16.5. The van der Waals surface area contributed by atoms with Crippen molar-refractivity contribution < 1.29 is 4.74 Å². The molecule has 0 unspecified atom stereocenters. The van der Waals surface area contributed by atoms with E-state index in [0.717, 1.165) is 30.3 Å². The van der Waals surface area contributed by atoms with Gasteiger partial charge < -0.3 is 9.30 Å². The fraction of sp³-hybridized carbons (Fsp3) is 0.250. The molecule has 0 spiro atoms. The van der Waals surface area contributed by atoms with Gasteiger partial charge in [-0.15, -0.1) is 0 Å². The lowest BCUT2D eigenvalue weighted by atomic mass is 10.1. The molecular weight excluding hydrogens is 284 g/mol. The molecule has 0 amide bonds. The predicted molar refractivity (Wildman–Crippen MR) is 92.9 cm³/mol. The second-order valence-electron chi connectivity index (χ2n) is 5.68. The van der Waals surface area contributed by atoms with Gasteiger partial charge in [0.15, 0.2) is 0 Å². The van der Waals surface area contributed by atoms with Gasteiger partial charge in [0.25, 0.3) is 0 Å². The van der Waals surface area contributed by atoms with Crippen molar-refractivity contribution in [3.8, 4) is 11.5 Å².